The van der Waals surface area contributed by atoms with E-state index in [1.165, 1.54) is 0 Å². The van der Waals surface area contributed by atoms with Crippen molar-refractivity contribution in [3.8, 4) is 0 Å². The van der Waals surface area contributed by atoms with Crippen molar-refractivity contribution < 1.29 is 28.8 Å². The Bertz CT molecular complexity index is 790. The van der Waals surface area contributed by atoms with Crippen molar-refractivity contribution >= 4 is 41.4 Å². The molecule has 1 unspecified atom stereocenters. The molecule has 3 aliphatic heterocycles. The lowest BCUT2D eigenvalue weighted by atomic mass is 9.89. The third-order valence-electron chi connectivity index (χ3n) is 6.07. The molecule has 0 aromatic heterocycles. The molecule has 3 saturated heterocycles. The molecule has 4 atom stereocenters. The van der Waals surface area contributed by atoms with Gasteiger partial charge in [0.15, 0.2) is 5.78 Å². The van der Waals surface area contributed by atoms with E-state index in [9.17, 15) is 24.0 Å². The normalized spacial score (nSPS) is 27.3. The van der Waals surface area contributed by atoms with Crippen molar-refractivity contribution in [3.63, 3.8) is 0 Å². The summed E-state index contributed by atoms with van der Waals surface area (Å²) in [6.07, 6.45) is 3.27. The van der Waals surface area contributed by atoms with Gasteiger partial charge in [-0.3, -0.25) is 14.4 Å². The molecule has 0 bridgehead atoms. The first-order chi connectivity index (χ1) is 15.1. The van der Waals surface area contributed by atoms with Gasteiger partial charge in [-0.25, -0.2) is 9.59 Å². The highest BCUT2D eigenvalue weighted by atomic mass is 32.2. The Hall–Kier alpha value is -2.18. The maximum Gasteiger partial charge on any atom is 0.333 e. The molecule has 4 amide bonds. The summed E-state index contributed by atoms with van der Waals surface area (Å²) in [6, 6.07) is 0.105. The maximum atomic E-state index is 12.6. The second-order valence-corrected chi connectivity index (χ2v) is 9.89. The number of rotatable bonds is 11. The zero-order valence-electron chi connectivity index (χ0n) is 18.1. The van der Waals surface area contributed by atoms with E-state index in [1.807, 2.05) is 6.92 Å². The summed E-state index contributed by atoms with van der Waals surface area (Å²) in [6.45, 7) is 1.92. The minimum absolute atomic E-state index is 0.0278. The lowest BCUT2D eigenvalue weighted by Gasteiger charge is -2.25. The molecule has 11 nitrogen and oxygen atoms in total. The Morgan fingerprint density at radius 2 is 1.94 bits per heavy atom. The van der Waals surface area contributed by atoms with Crippen molar-refractivity contribution in [1.29, 1.82) is 0 Å². The molecule has 32 heavy (non-hydrogen) atoms. The molecule has 0 aromatic rings. The average molecular weight is 470 g/mol. The largest absolute Gasteiger partial charge is 0.333 e. The van der Waals surface area contributed by atoms with E-state index in [2.05, 4.69) is 10.6 Å². The number of unbranched alkanes of at least 4 members (excludes halogenated alkanes) is 2. The van der Waals surface area contributed by atoms with Crippen molar-refractivity contribution in [2.24, 2.45) is 17.4 Å². The van der Waals surface area contributed by atoms with E-state index in [0.717, 1.165) is 25.0 Å². The van der Waals surface area contributed by atoms with E-state index in [4.69, 9.17) is 16.3 Å². The fourth-order valence-electron chi connectivity index (χ4n) is 4.23. The number of carbonyl (C=O) groups is 5. The second kappa shape index (κ2) is 10.2. The number of nitrogens with two attached hydrogens (primary N) is 2. The molecule has 0 aromatic carbocycles. The molecule has 178 valence electrons. The van der Waals surface area contributed by atoms with Crippen molar-refractivity contribution in [2.45, 2.75) is 81.3 Å². The predicted octanol–water partition coefficient (Wildman–Crippen LogP) is -0.0815. The fourth-order valence-corrected chi connectivity index (χ4v) is 5.78. The van der Waals surface area contributed by atoms with Gasteiger partial charge >= 0.3 is 12.0 Å². The standard InChI is InChI=1S/C20H31N5O6S/c1-2-3-8-20(21,22)17(28)11-9-14(26)25(18(11)29)31-15(27)7-5-4-6-13-16-12(10-32-13)23-19(30)24-16/h11-13,16H,2-10,21-22H2,1H3,(H2,23,24,30)/t11?,12-,13-,16-/m0/s1. The third kappa shape index (κ3) is 5.41. The first-order valence-electron chi connectivity index (χ1n) is 11.0. The monoisotopic (exact) mass is 469 g/mol. The van der Waals surface area contributed by atoms with Crippen molar-refractivity contribution in [1.82, 2.24) is 15.7 Å². The number of hydrogen-bond donors (Lipinski definition) is 4. The van der Waals surface area contributed by atoms with E-state index in [-0.39, 0.29) is 36.2 Å². The van der Waals surface area contributed by atoms with Gasteiger partial charge in [-0.05, 0) is 19.3 Å². The Kier molecular flexibility index (Phi) is 7.78. The van der Waals surface area contributed by atoms with Crippen molar-refractivity contribution in [2.75, 3.05) is 5.75 Å². The van der Waals surface area contributed by atoms with Gasteiger partial charge in [0.2, 0.25) is 0 Å². The first kappa shape index (κ1) is 24.5. The number of hydrogen-bond acceptors (Lipinski definition) is 9. The molecule has 3 fully saturated rings. The highest BCUT2D eigenvalue weighted by Gasteiger charge is 2.49. The lowest BCUT2D eigenvalue weighted by Crippen LogP contribution is -2.59. The van der Waals surface area contributed by atoms with Crippen LogP contribution in [-0.2, 0) is 24.0 Å². The Labute approximate surface area is 190 Å². The van der Waals surface area contributed by atoms with Gasteiger partial charge in [0.25, 0.3) is 11.8 Å². The molecule has 0 spiro atoms. The molecule has 3 heterocycles. The van der Waals surface area contributed by atoms with Crippen LogP contribution in [0.1, 0.15) is 58.3 Å². The number of nitrogens with one attached hydrogen (secondary N) is 2. The van der Waals surface area contributed by atoms with Crippen LogP contribution >= 0.6 is 11.8 Å². The van der Waals surface area contributed by atoms with Crippen molar-refractivity contribution in [3.05, 3.63) is 0 Å². The minimum atomic E-state index is -1.71. The van der Waals surface area contributed by atoms with Gasteiger partial charge in [-0.2, -0.15) is 11.8 Å². The van der Waals surface area contributed by atoms with Crippen LogP contribution in [0.3, 0.4) is 0 Å². The zero-order chi connectivity index (χ0) is 23.5. The predicted molar refractivity (Wildman–Crippen MR) is 116 cm³/mol. The first-order valence-corrected chi connectivity index (χ1v) is 12.1. The van der Waals surface area contributed by atoms with Gasteiger partial charge in [-0.1, -0.05) is 26.2 Å². The molecule has 6 N–H and O–H groups in total. The molecule has 12 heteroatoms. The van der Waals surface area contributed by atoms with Crippen LogP contribution in [0.25, 0.3) is 0 Å². The second-order valence-electron chi connectivity index (χ2n) is 8.62. The van der Waals surface area contributed by atoms with Crippen LogP contribution in [0.5, 0.6) is 0 Å². The van der Waals surface area contributed by atoms with Gasteiger partial charge in [0.05, 0.1) is 12.1 Å². The maximum absolute atomic E-state index is 12.6. The molecule has 0 aliphatic carbocycles. The van der Waals surface area contributed by atoms with Crippen LogP contribution in [0.4, 0.5) is 4.79 Å². The third-order valence-corrected chi connectivity index (χ3v) is 7.58. The number of Topliss-reactive ketones (excluding diaryl/α,β-unsaturated/α-hetero) is 1. The number of hydroxylamine groups is 2. The summed E-state index contributed by atoms with van der Waals surface area (Å²) in [5.74, 6) is -3.56. The number of thioether (sulfide) groups is 1. The number of urea groups is 1. The van der Waals surface area contributed by atoms with Gasteiger partial charge < -0.3 is 26.9 Å². The summed E-state index contributed by atoms with van der Waals surface area (Å²) in [7, 11) is 0. The van der Waals surface area contributed by atoms with Gasteiger partial charge in [-0.15, -0.1) is 5.06 Å². The molecular weight excluding hydrogens is 438 g/mol. The summed E-state index contributed by atoms with van der Waals surface area (Å²) in [5.41, 5.74) is 10.0. The summed E-state index contributed by atoms with van der Waals surface area (Å²) in [4.78, 5) is 65.8. The van der Waals surface area contributed by atoms with E-state index in [1.54, 1.807) is 11.8 Å². The van der Waals surface area contributed by atoms with E-state index >= 15 is 0 Å². The minimum Gasteiger partial charge on any atom is -0.332 e. The lowest BCUT2D eigenvalue weighted by molar-refractivity contribution is -0.198. The molecule has 0 saturated carbocycles. The number of fused-ring (bicyclic) bond motifs is 1. The number of carbonyl (C=O) groups excluding carboxylic acids is 5. The number of ketones is 1. The van der Waals surface area contributed by atoms with Gasteiger partial charge in [0, 0.05) is 23.8 Å². The quantitative estimate of drug-likeness (QED) is 0.106. The van der Waals surface area contributed by atoms with Crippen LogP contribution in [0, 0.1) is 5.92 Å². The number of amides is 4. The SMILES string of the molecule is CCCCC(N)(N)C(=O)C1CC(=O)N(OC(=O)CCCC[C@@H]2SC[C@@H]3NC(=O)N[C@@H]32)C1=O. The van der Waals surface area contributed by atoms with E-state index in [0.29, 0.717) is 17.9 Å². The summed E-state index contributed by atoms with van der Waals surface area (Å²) in [5, 5.41) is 6.45. The number of nitrogens with zero attached hydrogens (tertiary/aromatic N) is 1. The Morgan fingerprint density at radius 1 is 1.19 bits per heavy atom. The molecule has 3 rings (SSSR count). The highest BCUT2D eigenvalue weighted by molar-refractivity contribution is 8.00. The highest BCUT2D eigenvalue weighted by Crippen LogP contribution is 2.33. The van der Waals surface area contributed by atoms with Crippen LogP contribution in [0.2, 0.25) is 0 Å². The topological polar surface area (TPSA) is 174 Å². The fraction of sp³-hybridized carbons (Fsp3) is 0.750. The Morgan fingerprint density at radius 3 is 2.66 bits per heavy atom. The molecule has 3 aliphatic rings. The van der Waals surface area contributed by atoms with Crippen LogP contribution in [-0.4, -0.2) is 63.4 Å². The van der Waals surface area contributed by atoms with Crippen LogP contribution in [0.15, 0.2) is 0 Å². The summed E-state index contributed by atoms with van der Waals surface area (Å²) >= 11 is 1.79. The molecular formula is C20H31N5O6S. The summed E-state index contributed by atoms with van der Waals surface area (Å²) < 4.78 is 0. The average Bonchev–Trinajstić information content (AvgIpc) is 3.37. The number of imide groups is 1. The zero-order valence-corrected chi connectivity index (χ0v) is 18.9. The van der Waals surface area contributed by atoms with Gasteiger partial charge in [0.1, 0.15) is 11.6 Å². The smallest absolute Gasteiger partial charge is 0.332 e. The van der Waals surface area contributed by atoms with Crippen LogP contribution < -0.4 is 22.1 Å². The molecule has 0 radical (unpaired) electrons. The Balaban J connectivity index is 1.42. The van der Waals surface area contributed by atoms with E-state index < -0.39 is 41.6 Å².